The molecule has 5 nitrogen and oxygen atoms in total. The van der Waals surface area contributed by atoms with E-state index in [2.05, 4.69) is 35.1 Å². The molecule has 0 saturated heterocycles. The van der Waals surface area contributed by atoms with E-state index in [1.54, 1.807) is 0 Å². The molecule has 2 aromatic carbocycles. The fourth-order valence-corrected chi connectivity index (χ4v) is 2.83. The zero-order valence-corrected chi connectivity index (χ0v) is 14.0. The van der Waals surface area contributed by atoms with Gasteiger partial charge >= 0.3 is 6.03 Å². The van der Waals surface area contributed by atoms with Crippen molar-refractivity contribution in [3.8, 4) is 0 Å². The Morgan fingerprint density at radius 1 is 1.08 bits per heavy atom. The second-order valence-corrected chi connectivity index (χ2v) is 5.98. The Morgan fingerprint density at radius 2 is 1.79 bits per heavy atom. The van der Waals surface area contributed by atoms with Crippen molar-refractivity contribution in [2.45, 2.75) is 26.3 Å². The molecule has 0 atom stereocenters. The summed E-state index contributed by atoms with van der Waals surface area (Å²) in [7, 11) is 0. The number of para-hydroxylation sites is 3. The van der Waals surface area contributed by atoms with E-state index in [0.717, 1.165) is 22.5 Å². The van der Waals surface area contributed by atoms with Gasteiger partial charge in [-0.05, 0) is 38.1 Å². The highest BCUT2D eigenvalue weighted by atomic mass is 16.2. The van der Waals surface area contributed by atoms with E-state index in [-0.39, 0.29) is 6.03 Å². The first kappa shape index (κ1) is 16.1. The van der Waals surface area contributed by atoms with Gasteiger partial charge in [0.05, 0.1) is 11.0 Å². The number of hydrogen-bond donors (Lipinski definition) is 2. The molecular weight excluding hydrogens is 300 g/mol. The van der Waals surface area contributed by atoms with Gasteiger partial charge in [-0.1, -0.05) is 30.3 Å². The highest BCUT2D eigenvalue weighted by Crippen LogP contribution is 2.21. The smallest absolute Gasteiger partial charge is 0.319 e. The summed E-state index contributed by atoms with van der Waals surface area (Å²) >= 11 is 0. The summed E-state index contributed by atoms with van der Waals surface area (Å²) in [5, 5.41) is 5.70. The number of benzene rings is 2. The Kier molecular flexibility index (Phi) is 4.79. The lowest BCUT2D eigenvalue weighted by atomic mass is 10.3. The van der Waals surface area contributed by atoms with Crippen LogP contribution in [0.5, 0.6) is 0 Å². The average molecular weight is 322 g/mol. The molecule has 2 N–H and O–H groups in total. The lowest BCUT2D eigenvalue weighted by molar-refractivity contribution is 0.252. The number of urea groups is 1. The molecule has 3 rings (SSSR count). The summed E-state index contributed by atoms with van der Waals surface area (Å²) in [6.45, 7) is 4.83. The van der Waals surface area contributed by atoms with Crippen molar-refractivity contribution in [1.29, 1.82) is 0 Å². The number of amides is 2. The molecule has 1 heterocycles. The predicted octanol–water partition coefficient (Wildman–Crippen LogP) is 3.98. The number of fused-ring (bicyclic) bond motifs is 1. The Balaban J connectivity index is 1.63. The molecule has 0 aliphatic rings. The fourth-order valence-electron chi connectivity index (χ4n) is 2.83. The maximum absolute atomic E-state index is 11.9. The number of nitrogens with one attached hydrogen (secondary N) is 2. The van der Waals surface area contributed by atoms with Gasteiger partial charge in [-0.15, -0.1) is 0 Å². The SMILES string of the molecule is CC(C)n1c(CCNC(=O)Nc2ccccc2)nc2ccccc21. The molecule has 0 fully saturated rings. The molecule has 5 heteroatoms. The highest BCUT2D eigenvalue weighted by Gasteiger charge is 2.12. The van der Waals surface area contributed by atoms with Gasteiger partial charge in [0.25, 0.3) is 0 Å². The van der Waals surface area contributed by atoms with Crippen LogP contribution in [-0.4, -0.2) is 22.1 Å². The van der Waals surface area contributed by atoms with E-state index in [9.17, 15) is 4.79 Å². The van der Waals surface area contributed by atoms with Gasteiger partial charge in [-0.2, -0.15) is 0 Å². The van der Waals surface area contributed by atoms with Gasteiger partial charge in [0, 0.05) is 24.7 Å². The first-order chi connectivity index (χ1) is 11.6. The maximum atomic E-state index is 11.9. The predicted molar refractivity (Wildman–Crippen MR) is 97.3 cm³/mol. The number of hydrogen-bond acceptors (Lipinski definition) is 2. The quantitative estimate of drug-likeness (QED) is 0.746. The molecule has 0 spiro atoms. The van der Waals surface area contributed by atoms with Crippen LogP contribution in [0.2, 0.25) is 0 Å². The summed E-state index contributed by atoms with van der Waals surface area (Å²) in [5.74, 6) is 0.992. The van der Waals surface area contributed by atoms with Gasteiger partial charge in [-0.25, -0.2) is 9.78 Å². The van der Waals surface area contributed by atoms with Crippen LogP contribution in [0.15, 0.2) is 54.6 Å². The van der Waals surface area contributed by atoms with Crippen molar-refractivity contribution in [3.63, 3.8) is 0 Å². The summed E-state index contributed by atoms with van der Waals surface area (Å²) in [4.78, 5) is 16.7. The van der Waals surface area contributed by atoms with Crippen LogP contribution >= 0.6 is 0 Å². The van der Waals surface area contributed by atoms with E-state index in [4.69, 9.17) is 4.98 Å². The van der Waals surface area contributed by atoms with Crippen LogP contribution in [-0.2, 0) is 6.42 Å². The zero-order chi connectivity index (χ0) is 16.9. The number of imidazole rings is 1. The van der Waals surface area contributed by atoms with Crippen molar-refractivity contribution in [1.82, 2.24) is 14.9 Å². The van der Waals surface area contributed by atoms with Crippen LogP contribution < -0.4 is 10.6 Å². The van der Waals surface area contributed by atoms with E-state index >= 15 is 0 Å². The van der Waals surface area contributed by atoms with Crippen LogP contribution in [0.25, 0.3) is 11.0 Å². The second-order valence-electron chi connectivity index (χ2n) is 5.98. The van der Waals surface area contributed by atoms with E-state index in [0.29, 0.717) is 19.0 Å². The minimum atomic E-state index is -0.201. The first-order valence-corrected chi connectivity index (χ1v) is 8.21. The third-order valence-electron chi connectivity index (χ3n) is 3.85. The van der Waals surface area contributed by atoms with Crippen molar-refractivity contribution in [2.24, 2.45) is 0 Å². The molecule has 2 amide bonds. The Labute approximate surface area is 141 Å². The largest absolute Gasteiger partial charge is 0.337 e. The third-order valence-corrected chi connectivity index (χ3v) is 3.85. The number of nitrogens with zero attached hydrogens (tertiary/aromatic N) is 2. The standard InChI is InChI=1S/C19H22N4O/c1-14(2)23-17-11-7-6-10-16(17)22-18(23)12-13-20-19(24)21-15-8-4-3-5-9-15/h3-11,14H,12-13H2,1-2H3,(H2,20,21,24). The third kappa shape index (κ3) is 3.56. The molecule has 1 aromatic heterocycles. The molecule has 3 aromatic rings. The minimum Gasteiger partial charge on any atom is -0.337 e. The summed E-state index contributed by atoms with van der Waals surface area (Å²) in [6, 6.07) is 17.7. The normalized spacial score (nSPS) is 11.0. The number of anilines is 1. The lowest BCUT2D eigenvalue weighted by Crippen LogP contribution is -2.31. The van der Waals surface area contributed by atoms with Gasteiger partial charge in [0.1, 0.15) is 5.82 Å². The molecule has 24 heavy (non-hydrogen) atoms. The van der Waals surface area contributed by atoms with E-state index < -0.39 is 0 Å². The molecule has 0 saturated carbocycles. The van der Waals surface area contributed by atoms with Crippen LogP contribution in [0.4, 0.5) is 10.5 Å². The number of carbonyl (C=O) groups excluding carboxylic acids is 1. The van der Waals surface area contributed by atoms with Crippen LogP contribution in [0.3, 0.4) is 0 Å². The second kappa shape index (κ2) is 7.17. The van der Waals surface area contributed by atoms with Gasteiger partial charge in [0.15, 0.2) is 0 Å². The Hall–Kier alpha value is -2.82. The van der Waals surface area contributed by atoms with Gasteiger partial charge < -0.3 is 15.2 Å². The Morgan fingerprint density at radius 3 is 2.54 bits per heavy atom. The van der Waals surface area contributed by atoms with E-state index in [1.165, 1.54) is 0 Å². The molecule has 0 bridgehead atoms. The molecular formula is C19H22N4O. The van der Waals surface area contributed by atoms with Crippen molar-refractivity contribution in [2.75, 3.05) is 11.9 Å². The van der Waals surface area contributed by atoms with Crippen LogP contribution in [0, 0.1) is 0 Å². The molecule has 0 radical (unpaired) electrons. The van der Waals surface area contributed by atoms with Crippen LogP contribution in [0.1, 0.15) is 25.7 Å². The zero-order valence-electron chi connectivity index (χ0n) is 14.0. The van der Waals surface area contributed by atoms with Crippen molar-refractivity contribution < 1.29 is 4.79 Å². The summed E-state index contributed by atoms with van der Waals surface area (Å²) in [5.41, 5.74) is 2.91. The maximum Gasteiger partial charge on any atom is 0.319 e. The topological polar surface area (TPSA) is 59.0 Å². The monoisotopic (exact) mass is 322 g/mol. The number of rotatable bonds is 5. The van der Waals surface area contributed by atoms with Gasteiger partial charge in [0.2, 0.25) is 0 Å². The molecule has 124 valence electrons. The molecule has 0 aliphatic heterocycles. The lowest BCUT2D eigenvalue weighted by Gasteiger charge is -2.13. The highest BCUT2D eigenvalue weighted by molar-refractivity contribution is 5.89. The number of carbonyl (C=O) groups is 1. The van der Waals surface area contributed by atoms with Crippen molar-refractivity contribution >= 4 is 22.8 Å². The minimum absolute atomic E-state index is 0.201. The Bertz CT molecular complexity index is 824. The number of aromatic nitrogens is 2. The summed E-state index contributed by atoms with van der Waals surface area (Å²) in [6.07, 6.45) is 0.690. The molecule has 0 unspecified atom stereocenters. The first-order valence-electron chi connectivity index (χ1n) is 8.21. The van der Waals surface area contributed by atoms with E-state index in [1.807, 2.05) is 48.5 Å². The van der Waals surface area contributed by atoms with Gasteiger partial charge in [-0.3, -0.25) is 0 Å². The average Bonchev–Trinajstić information content (AvgIpc) is 2.94. The molecule has 0 aliphatic carbocycles. The van der Waals surface area contributed by atoms with Crippen molar-refractivity contribution in [3.05, 3.63) is 60.4 Å². The summed E-state index contributed by atoms with van der Waals surface area (Å²) < 4.78 is 2.23. The fraction of sp³-hybridized carbons (Fsp3) is 0.263.